The third-order valence-corrected chi connectivity index (χ3v) is 11.3. The minimum Gasteiger partial charge on any atom is -0.390 e. The lowest BCUT2D eigenvalue weighted by Gasteiger charge is -2.58. The smallest absolute Gasteiger partial charge is 0.322 e. The second-order valence-corrected chi connectivity index (χ2v) is 14.4. The highest BCUT2D eigenvalue weighted by atomic mass is 32.2. The van der Waals surface area contributed by atoms with Gasteiger partial charge in [-0.3, -0.25) is 4.90 Å². The van der Waals surface area contributed by atoms with E-state index in [0.717, 1.165) is 54.9 Å². The second-order valence-electron chi connectivity index (χ2n) is 12.1. The Bertz CT molecular complexity index is 1320. The summed E-state index contributed by atoms with van der Waals surface area (Å²) in [4.78, 5) is 19.9. The van der Waals surface area contributed by atoms with Crippen LogP contribution in [0.25, 0.3) is 0 Å². The van der Waals surface area contributed by atoms with Crippen LogP contribution in [0, 0.1) is 17.8 Å². The average Bonchev–Trinajstić information content (AvgIpc) is 2.89. The summed E-state index contributed by atoms with van der Waals surface area (Å²) in [5, 5.41) is 14.3. The van der Waals surface area contributed by atoms with Gasteiger partial charge in [0.1, 0.15) is 0 Å². The van der Waals surface area contributed by atoms with Crippen molar-refractivity contribution >= 4 is 38.6 Å². The molecule has 38 heavy (non-hydrogen) atoms. The van der Waals surface area contributed by atoms with Gasteiger partial charge in [-0.05, 0) is 86.3 Å². The molecule has 202 valence electrons. The molecule has 0 radical (unpaired) electrons. The number of nitrogens with zero attached hydrogens (tertiary/aromatic N) is 3. The van der Waals surface area contributed by atoms with Crippen LogP contribution in [-0.2, 0) is 9.84 Å². The molecular formula is C29H36N4O4S. The van der Waals surface area contributed by atoms with Crippen LogP contribution in [0.2, 0.25) is 0 Å². The molecule has 8 rings (SSSR count). The molecule has 0 spiro atoms. The number of carbonyl (C=O) groups is 1. The highest BCUT2D eigenvalue weighted by Gasteiger charge is 2.55. The molecule has 0 aromatic heterocycles. The van der Waals surface area contributed by atoms with Crippen LogP contribution in [-0.4, -0.2) is 68.9 Å². The van der Waals surface area contributed by atoms with Gasteiger partial charge < -0.3 is 20.2 Å². The highest BCUT2D eigenvalue weighted by molar-refractivity contribution is 7.91. The van der Waals surface area contributed by atoms with Gasteiger partial charge in [-0.2, -0.15) is 0 Å². The van der Waals surface area contributed by atoms with Crippen LogP contribution in [0.3, 0.4) is 0 Å². The highest BCUT2D eigenvalue weighted by Crippen LogP contribution is 2.55. The van der Waals surface area contributed by atoms with Crippen LogP contribution in [0.1, 0.15) is 32.1 Å². The number of para-hydroxylation sites is 2. The predicted molar refractivity (Wildman–Crippen MR) is 149 cm³/mol. The lowest BCUT2D eigenvalue weighted by atomic mass is 9.52. The van der Waals surface area contributed by atoms with Crippen LogP contribution >= 0.6 is 0 Å². The summed E-state index contributed by atoms with van der Waals surface area (Å²) in [6.45, 7) is 2.33. The molecule has 2 aliphatic heterocycles. The predicted octanol–water partition coefficient (Wildman–Crippen LogP) is 3.53. The molecule has 9 heteroatoms. The Hall–Kier alpha value is -2.78. The van der Waals surface area contributed by atoms with Gasteiger partial charge in [0.2, 0.25) is 0 Å². The van der Waals surface area contributed by atoms with Crippen molar-refractivity contribution < 1.29 is 18.3 Å². The van der Waals surface area contributed by atoms with Crippen LogP contribution < -0.4 is 20.0 Å². The molecule has 5 atom stereocenters. The fourth-order valence-electron chi connectivity index (χ4n) is 8.09. The van der Waals surface area contributed by atoms with Crippen molar-refractivity contribution in [3.8, 4) is 0 Å². The summed E-state index contributed by atoms with van der Waals surface area (Å²) in [6, 6.07) is 16.5. The molecule has 5 fully saturated rings. The number of nitrogens with one attached hydrogen (secondary N) is 1. The van der Waals surface area contributed by atoms with Crippen molar-refractivity contribution in [3.05, 3.63) is 48.5 Å². The summed E-state index contributed by atoms with van der Waals surface area (Å²) in [6.07, 6.45) is 4.82. The fraction of sp³-hybridized carbons (Fsp3) is 0.552. The monoisotopic (exact) mass is 536 g/mol. The maximum atomic E-state index is 13.6. The van der Waals surface area contributed by atoms with Crippen molar-refractivity contribution in [2.75, 3.05) is 52.4 Å². The summed E-state index contributed by atoms with van der Waals surface area (Å²) < 4.78 is 23.6. The zero-order chi connectivity index (χ0) is 26.1. The van der Waals surface area contributed by atoms with Gasteiger partial charge >= 0.3 is 6.03 Å². The third-order valence-electron chi connectivity index (χ3n) is 9.66. The van der Waals surface area contributed by atoms with Crippen molar-refractivity contribution in [1.29, 1.82) is 0 Å². The number of amides is 2. The average molecular weight is 537 g/mol. The Labute approximate surface area is 224 Å². The largest absolute Gasteiger partial charge is 0.390 e. The standard InChI is InChI=1S/C29H36N4O4S/c34-28(30-27-21-15-20-16-22(27)19-29(35,17-20)18-21)33-10-9-32(25-3-1-2-4-26(25)33)24-7-5-23(6-8-24)31-11-13-38(36,37)14-12-31/h1-8,20-22,27,35H,9-19H2,(H,30,34)/t20?,21-,22+,27?,29?. The van der Waals surface area contributed by atoms with Crippen molar-refractivity contribution in [1.82, 2.24) is 5.32 Å². The second kappa shape index (κ2) is 8.88. The zero-order valence-electron chi connectivity index (χ0n) is 21.6. The Balaban J connectivity index is 1.07. The van der Waals surface area contributed by atoms with Gasteiger partial charge in [0.25, 0.3) is 0 Å². The van der Waals surface area contributed by atoms with E-state index in [1.54, 1.807) is 0 Å². The quantitative estimate of drug-likeness (QED) is 0.624. The normalized spacial score (nSPS) is 33.2. The molecular weight excluding hydrogens is 500 g/mol. The topological polar surface area (TPSA) is 93.2 Å². The summed E-state index contributed by atoms with van der Waals surface area (Å²) in [7, 11) is -2.91. The van der Waals surface area contributed by atoms with E-state index in [1.165, 1.54) is 0 Å². The molecule has 2 amide bonds. The molecule has 4 saturated carbocycles. The van der Waals surface area contributed by atoms with E-state index < -0.39 is 15.4 Å². The van der Waals surface area contributed by atoms with Gasteiger partial charge in [-0.15, -0.1) is 0 Å². The number of rotatable bonds is 3. The number of hydrogen-bond donors (Lipinski definition) is 2. The molecule has 2 aromatic carbocycles. The van der Waals surface area contributed by atoms with Gasteiger partial charge in [0.05, 0.1) is 28.5 Å². The molecule has 2 N–H and O–H groups in total. The fourth-order valence-corrected chi connectivity index (χ4v) is 9.29. The van der Waals surface area contributed by atoms with E-state index in [4.69, 9.17) is 0 Å². The molecule has 3 unspecified atom stereocenters. The van der Waals surface area contributed by atoms with Crippen LogP contribution in [0.15, 0.2) is 48.5 Å². The SMILES string of the molecule is O=C(NC1[C@@H]2CC3C[C@H]1CC(O)(C3)C2)N1CCN(c2ccc(N3CCS(=O)(=O)CC3)cc2)c2ccccc21. The van der Waals surface area contributed by atoms with E-state index in [2.05, 4.69) is 45.4 Å². The van der Waals surface area contributed by atoms with Crippen LogP contribution in [0.5, 0.6) is 0 Å². The van der Waals surface area contributed by atoms with E-state index in [-0.39, 0.29) is 23.6 Å². The van der Waals surface area contributed by atoms with Crippen molar-refractivity contribution in [3.63, 3.8) is 0 Å². The summed E-state index contributed by atoms with van der Waals surface area (Å²) in [5.41, 5.74) is 3.50. The lowest BCUT2D eigenvalue weighted by Crippen LogP contribution is -2.63. The summed E-state index contributed by atoms with van der Waals surface area (Å²) >= 11 is 0. The Kier molecular flexibility index (Phi) is 5.67. The Morgan fingerprint density at radius 3 is 2.13 bits per heavy atom. The number of anilines is 4. The number of carbonyl (C=O) groups excluding carboxylic acids is 1. The van der Waals surface area contributed by atoms with Gasteiger partial charge in [0.15, 0.2) is 9.84 Å². The number of aliphatic hydroxyl groups is 1. The molecule has 4 bridgehead atoms. The number of benzene rings is 2. The van der Waals surface area contributed by atoms with Gasteiger partial charge in [-0.1, -0.05) is 12.1 Å². The number of hydrogen-bond acceptors (Lipinski definition) is 6. The van der Waals surface area contributed by atoms with Crippen molar-refractivity contribution in [2.24, 2.45) is 17.8 Å². The van der Waals surface area contributed by atoms with Crippen LogP contribution in [0.4, 0.5) is 27.5 Å². The first-order chi connectivity index (χ1) is 18.3. The molecule has 4 aliphatic carbocycles. The maximum absolute atomic E-state index is 13.6. The van der Waals surface area contributed by atoms with E-state index in [0.29, 0.717) is 43.9 Å². The van der Waals surface area contributed by atoms with Gasteiger partial charge in [-0.25, -0.2) is 13.2 Å². The Morgan fingerprint density at radius 1 is 0.842 bits per heavy atom. The molecule has 2 heterocycles. The number of urea groups is 1. The Morgan fingerprint density at radius 2 is 1.47 bits per heavy atom. The van der Waals surface area contributed by atoms with E-state index in [1.807, 2.05) is 23.1 Å². The van der Waals surface area contributed by atoms with E-state index >= 15 is 0 Å². The molecule has 8 nitrogen and oxygen atoms in total. The number of sulfone groups is 1. The zero-order valence-corrected chi connectivity index (χ0v) is 22.4. The molecule has 2 aromatic rings. The number of fused-ring (bicyclic) bond motifs is 1. The van der Waals surface area contributed by atoms with E-state index in [9.17, 15) is 18.3 Å². The first-order valence-electron chi connectivity index (χ1n) is 14.0. The first kappa shape index (κ1) is 24.3. The lowest BCUT2D eigenvalue weighted by molar-refractivity contribution is -0.136. The van der Waals surface area contributed by atoms with Crippen molar-refractivity contribution in [2.45, 2.75) is 43.7 Å². The minimum atomic E-state index is -2.91. The molecule has 1 saturated heterocycles. The third kappa shape index (κ3) is 4.24. The maximum Gasteiger partial charge on any atom is 0.322 e. The molecule has 6 aliphatic rings. The summed E-state index contributed by atoms with van der Waals surface area (Å²) in [5.74, 6) is 1.78. The first-order valence-corrected chi connectivity index (χ1v) is 15.8. The van der Waals surface area contributed by atoms with Gasteiger partial charge in [0, 0.05) is 43.6 Å². The minimum absolute atomic E-state index is 0.0306.